The molecule has 0 unspecified atom stereocenters. The van der Waals surface area contributed by atoms with Crippen LogP contribution in [0.15, 0.2) is 23.7 Å². The summed E-state index contributed by atoms with van der Waals surface area (Å²) in [6.07, 6.45) is 0. The second-order valence-electron chi connectivity index (χ2n) is 2.83. The molecule has 1 amide bonds. The minimum Gasteiger partial charge on any atom is -0.507 e. The predicted octanol–water partition coefficient (Wildman–Crippen LogP) is 1.64. The number of anilines is 1. The molecule has 0 fully saturated rings. The standard InChI is InChI=1S/C9H6FN3O2S/c10-5-2-1-3-6(14)7(5)8(15)12-9-13-11-4-16-9/h1-4,14H,(H,12,13,15). The second kappa shape index (κ2) is 4.23. The molecule has 0 aliphatic heterocycles. The molecule has 1 heterocycles. The van der Waals surface area contributed by atoms with E-state index in [9.17, 15) is 14.3 Å². The van der Waals surface area contributed by atoms with Gasteiger partial charge in [0.1, 0.15) is 22.6 Å². The molecular weight excluding hydrogens is 233 g/mol. The molecule has 1 aromatic heterocycles. The van der Waals surface area contributed by atoms with E-state index < -0.39 is 23.0 Å². The summed E-state index contributed by atoms with van der Waals surface area (Å²) in [6.45, 7) is 0. The summed E-state index contributed by atoms with van der Waals surface area (Å²) in [4.78, 5) is 11.6. The Hall–Kier alpha value is -2.02. The van der Waals surface area contributed by atoms with E-state index >= 15 is 0 Å². The maximum absolute atomic E-state index is 13.3. The van der Waals surface area contributed by atoms with Gasteiger partial charge >= 0.3 is 0 Å². The van der Waals surface area contributed by atoms with Crippen LogP contribution in [0.5, 0.6) is 5.75 Å². The van der Waals surface area contributed by atoms with Gasteiger partial charge in [-0.2, -0.15) is 0 Å². The summed E-state index contributed by atoms with van der Waals surface area (Å²) in [7, 11) is 0. The highest BCUT2D eigenvalue weighted by molar-refractivity contribution is 7.13. The molecule has 0 radical (unpaired) electrons. The molecule has 2 rings (SSSR count). The van der Waals surface area contributed by atoms with Gasteiger partial charge in [-0.1, -0.05) is 17.4 Å². The van der Waals surface area contributed by atoms with Crippen LogP contribution in [0.1, 0.15) is 10.4 Å². The SMILES string of the molecule is O=C(Nc1nncs1)c1c(O)cccc1F. The second-order valence-corrected chi connectivity index (χ2v) is 3.67. The number of aromatic hydroxyl groups is 1. The van der Waals surface area contributed by atoms with Crippen LogP contribution in [0.25, 0.3) is 0 Å². The highest BCUT2D eigenvalue weighted by Gasteiger charge is 2.17. The van der Waals surface area contributed by atoms with E-state index in [1.807, 2.05) is 0 Å². The van der Waals surface area contributed by atoms with Gasteiger partial charge in [-0.3, -0.25) is 10.1 Å². The molecule has 1 aromatic carbocycles. The van der Waals surface area contributed by atoms with Crippen molar-refractivity contribution in [1.29, 1.82) is 0 Å². The predicted molar refractivity (Wildman–Crippen MR) is 55.9 cm³/mol. The molecule has 0 atom stereocenters. The molecule has 2 aromatic rings. The molecular formula is C9H6FN3O2S. The van der Waals surface area contributed by atoms with Gasteiger partial charge in [0, 0.05) is 0 Å². The first-order chi connectivity index (χ1) is 7.68. The summed E-state index contributed by atoms with van der Waals surface area (Å²) in [5.74, 6) is -1.96. The van der Waals surface area contributed by atoms with Crippen LogP contribution in [-0.2, 0) is 0 Å². The zero-order valence-corrected chi connectivity index (χ0v) is 8.66. The molecule has 0 aliphatic rings. The molecule has 82 valence electrons. The Kier molecular flexibility index (Phi) is 2.78. The Labute approximate surface area is 93.6 Å². The Morgan fingerprint density at radius 3 is 2.94 bits per heavy atom. The van der Waals surface area contributed by atoms with Crippen molar-refractivity contribution in [3.8, 4) is 5.75 Å². The lowest BCUT2D eigenvalue weighted by Gasteiger charge is -2.04. The lowest BCUT2D eigenvalue weighted by Crippen LogP contribution is -2.13. The number of phenols is 1. The monoisotopic (exact) mass is 239 g/mol. The summed E-state index contributed by atoms with van der Waals surface area (Å²) >= 11 is 1.10. The van der Waals surface area contributed by atoms with E-state index in [0.717, 1.165) is 17.4 Å². The number of aromatic nitrogens is 2. The van der Waals surface area contributed by atoms with Crippen molar-refractivity contribution in [3.63, 3.8) is 0 Å². The number of hydrogen-bond acceptors (Lipinski definition) is 5. The summed E-state index contributed by atoms with van der Waals surface area (Å²) in [6, 6.07) is 3.64. The molecule has 7 heteroatoms. The molecule has 16 heavy (non-hydrogen) atoms. The van der Waals surface area contributed by atoms with Crippen molar-refractivity contribution in [2.75, 3.05) is 5.32 Å². The molecule has 0 saturated carbocycles. The first-order valence-corrected chi connectivity index (χ1v) is 5.11. The number of halogens is 1. The molecule has 0 spiro atoms. The van der Waals surface area contributed by atoms with Crippen molar-refractivity contribution in [1.82, 2.24) is 10.2 Å². The fraction of sp³-hybridized carbons (Fsp3) is 0. The number of benzene rings is 1. The van der Waals surface area contributed by atoms with Crippen LogP contribution >= 0.6 is 11.3 Å². The fourth-order valence-corrected chi connectivity index (χ4v) is 1.56. The topological polar surface area (TPSA) is 75.1 Å². The van der Waals surface area contributed by atoms with Crippen molar-refractivity contribution in [2.45, 2.75) is 0 Å². The Morgan fingerprint density at radius 1 is 1.50 bits per heavy atom. The van der Waals surface area contributed by atoms with E-state index in [1.54, 1.807) is 0 Å². The molecule has 5 nitrogen and oxygen atoms in total. The van der Waals surface area contributed by atoms with E-state index in [4.69, 9.17) is 0 Å². The van der Waals surface area contributed by atoms with Crippen molar-refractivity contribution < 1.29 is 14.3 Å². The van der Waals surface area contributed by atoms with Crippen LogP contribution < -0.4 is 5.32 Å². The number of nitrogens with zero attached hydrogens (tertiary/aromatic N) is 2. The van der Waals surface area contributed by atoms with Crippen LogP contribution in [0.2, 0.25) is 0 Å². The van der Waals surface area contributed by atoms with E-state index in [2.05, 4.69) is 15.5 Å². The quantitative estimate of drug-likeness (QED) is 0.835. The highest BCUT2D eigenvalue weighted by Crippen LogP contribution is 2.21. The Bertz CT molecular complexity index is 495. The highest BCUT2D eigenvalue weighted by atomic mass is 32.1. The lowest BCUT2D eigenvalue weighted by atomic mass is 10.2. The average Bonchev–Trinajstić information content (AvgIpc) is 2.70. The number of carbonyl (C=O) groups is 1. The number of amides is 1. The third-order valence-corrected chi connectivity index (χ3v) is 2.41. The van der Waals surface area contributed by atoms with Crippen molar-refractivity contribution in [3.05, 3.63) is 35.1 Å². The number of nitrogens with one attached hydrogen (secondary N) is 1. The van der Waals surface area contributed by atoms with Gasteiger partial charge in [0.15, 0.2) is 0 Å². The van der Waals surface area contributed by atoms with Crippen molar-refractivity contribution in [2.24, 2.45) is 0 Å². The smallest absolute Gasteiger partial charge is 0.264 e. The van der Waals surface area contributed by atoms with Crippen LogP contribution in [0.4, 0.5) is 9.52 Å². The summed E-state index contributed by atoms with van der Waals surface area (Å²) < 4.78 is 13.3. The number of rotatable bonds is 2. The van der Waals surface area contributed by atoms with Gasteiger partial charge in [-0.05, 0) is 12.1 Å². The van der Waals surface area contributed by atoms with Gasteiger partial charge in [-0.25, -0.2) is 4.39 Å². The maximum atomic E-state index is 13.3. The minimum atomic E-state index is -0.790. The zero-order chi connectivity index (χ0) is 11.5. The summed E-state index contributed by atoms with van der Waals surface area (Å²) in [5.41, 5.74) is 1.02. The zero-order valence-electron chi connectivity index (χ0n) is 7.85. The first-order valence-electron chi connectivity index (χ1n) is 4.23. The lowest BCUT2D eigenvalue weighted by molar-refractivity contribution is 0.102. The van der Waals surface area contributed by atoms with Crippen LogP contribution in [0, 0.1) is 5.82 Å². The largest absolute Gasteiger partial charge is 0.507 e. The first kappa shape index (κ1) is 10.5. The number of carbonyl (C=O) groups excluding carboxylic acids is 1. The molecule has 0 aliphatic carbocycles. The Morgan fingerprint density at radius 2 is 2.31 bits per heavy atom. The van der Waals surface area contributed by atoms with Crippen LogP contribution in [0.3, 0.4) is 0 Å². The normalized spacial score (nSPS) is 10.1. The fourth-order valence-electron chi connectivity index (χ4n) is 1.12. The van der Waals surface area contributed by atoms with E-state index in [0.29, 0.717) is 0 Å². The molecule has 0 saturated heterocycles. The minimum absolute atomic E-state index is 0.243. The Balaban J connectivity index is 2.28. The molecule has 2 N–H and O–H groups in total. The third kappa shape index (κ3) is 1.98. The third-order valence-electron chi connectivity index (χ3n) is 1.80. The number of phenolic OH excluding ortho intramolecular Hbond substituents is 1. The van der Waals surface area contributed by atoms with Gasteiger partial charge in [-0.15, -0.1) is 10.2 Å². The van der Waals surface area contributed by atoms with E-state index in [-0.39, 0.29) is 5.13 Å². The summed E-state index contributed by atoms with van der Waals surface area (Å²) in [5, 5.41) is 19.0. The van der Waals surface area contributed by atoms with Gasteiger partial charge in [0.2, 0.25) is 5.13 Å². The van der Waals surface area contributed by atoms with Crippen molar-refractivity contribution >= 4 is 22.4 Å². The molecule has 0 bridgehead atoms. The average molecular weight is 239 g/mol. The van der Waals surface area contributed by atoms with Crippen LogP contribution in [-0.4, -0.2) is 21.2 Å². The number of hydrogen-bond donors (Lipinski definition) is 2. The van der Waals surface area contributed by atoms with Gasteiger partial charge in [0.05, 0.1) is 0 Å². The van der Waals surface area contributed by atoms with E-state index in [1.165, 1.54) is 17.6 Å². The maximum Gasteiger partial charge on any atom is 0.264 e. The van der Waals surface area contributed by atoms with Gasteiger partial charge in [0.25, 0.3) is 5.91 Å². The van der Waals surface area contributed by atoms with Gasteiger partial charge < -0.3 is 5.11 Å².